The van der Waals surface area contributed by atoms with E-state index in [4.69, 9.17) is 16.3 Å². The third-order valence-corrected chi connectivity index (χ3v) is 3.60. The predicted molar refractivity (Wildman–Crippen MR) is 78.9 cm³/mol. The summed E-state index contributed by atoms with van der Waals surface area (Å²) in [6, 6.07) is 8.12. The fourth-order valence-corrected chi connectivity index (χ4v) is 2.43. The van der Waals surface area contributed by atoms with Crippen molar-refractivity contribution >= 4 is 39.3 Å². The number of aromatic nitrogens is 3. The molecule has 1 aromatic heterocycles. The predicted octanol–water partition coefficient (Wildman–Crippen LogP) is 4.23. The summed E-state index contributed by atoms with van der Waals surface area (Å²) in [5.41, 5.74) is 0. The van der Waals surface area contributed by atoms with Crippen LogP contribution in [0.25, 0.3) is 0 Å². The summed E-state index contributed by atoms with van der Waals surface area (Å²) in [6.07, 6.45) is 0.887. The third kappa shape index (κ3) is 4.63. The average Bonchev–Trinajstić information content (AvgIpc) is 2.38. The first kappa shape index (κ1) is 14.6. The Bertz CT molecular complexity index is 553. The fraction of sp³-hybridized carbons (Fsp3) is 0.250. The molecule has 0 saturated heterocycles. The van der Waals surface area contributed by atoms with E-state index in [-0.39, 0.29) is 11.3 Å². The summed E-state index contributed by atoms with van der Waals surface area (Å²) in [7, 11) is 0. The van der Waals surface area contributed by atoms with Crippen LogP contribution in [-0.2, 0) is 0 Å². The zero-order chi connectivity index (χ0) is 13.7. The van der Waals surface area contributed by atoms with Gasteiger partial charge in [0.1, 0.15) is 0 Å². The van der Waals surface area contributed by atoms with Crippen molar-refractivity contribution in [1.29, 1.82) is 0 Å². The first-order valence-electron chi connectivity index (χ1n) is 5.65. The van der Waals surface area contributed by atoms with Crippen molar-refractivity contribution in [2.24, 2.45) is 0 Å². The molecule has 0 aliphatic heterocycles. The number of ether oxygens (including phenoxy) is 1. The van der Waals surface area contributed by atoms with Gasteiger partial charge in [-0.2, -0.15) is 15.0 Å². The molecule has 0 N–H and O–H groups in total. The van der Waals surface area contributed by atoms with E-state index in [0.717, 1.165) is 15.8 Å². The summed E-state index contributed by atoms with van der Waals surface area (Å²) in [6.45, 7) is 2.57. The maximum atomic E-state index is 5.86. The second kappa shape index (κ2) is 7.07. The molecular formula is C12H11BrClN3OS. The average molecular weight is 361 g/mol. The van der Waals surface area contributed by atoms with Crippen LogP contribution in [0.5, 0.6) is 6.01 Å². The number of benzene rings is 1. The third-order valence-electron chi connectivity index (χ3n) is 2.03. The minimum Gasteiger partial charge on any atom is -0.463 e. The summed E-state index contributed by atoms with van der Waals surface area (Å²) in [5.74, 6) is 0. The second-order valence-electron chi connectivity index (χ2n) is 3.57. The van der Waals surface area contributed by atoms with E-state index < -0.39 is 0 Å². The highest BCUT2D eigenvalue weighted by atomic mass is 79.9. The molecule has 0 fully saturated rings. The van der Waals surface area contributed by atoms with Crippen LogP contribution in [0.2, 0.25) is 5.28 Å². The molecule has 0 spiro atoms. The van der Waals surface area contributed by atoms with E-state index in [0.29, 0.717) is 11.8 Å². The van der Waals surface area contributed by atoms with Gasteiger partial charge in [0.25, 0.3) is 0 Å². The van der Waals surface area contributed by atoms with E-state index in [1.54, 1.807) is 0 Å². The van der Waals surface area contributed by atoms with Crippen LogP contribution >= 0.6 is 39.3 Å². The molecule has 1 aromatic carbocycles. The quantitative estimate of drug-likeness (QED) is 0.798. The van der Waals surface area contributed by atoms with Gasteiger partial charge in [0, 0.05) is 9.37 Å². The summed E-state index contributed by atoms with van der Waals surface area (Å²) in [5, 5.41) is 0.661. The van der Waals surface area contributed by atoms with Gasteiger partial charge in [-0.1, -0.05) is 22.9 Å². The van der Waals surface area contributed by atoms with Crippen molar-refractivity contribution in [3.05, 3.63) is 34.0 Å². The minimum absolute atomic E-state index is 0.140. The van der Waals surface area contributed by atoms with Crippen LogP contribution in [0.1, 0.15) is 13.3 Å². The molecule has 100 valence electrons. The van der Waals surface area contributed by atoms with Crippen LogP contribution in [0.15, 0.2) is 38.8 Å². The molecule has 7 heteroatoms. The van der Waals surface area contributed by atoms with Crippen molar-refractivity contribution in [3.8, 4) is 6.01 Å². The Morgan fingerprint density at radius 1 is 1.21 bits per heavy atom. The number of nitrogens with zero attached hydrogens (tertiary/aromatic N) is 3. The van der Waals surface area contributed by atoms with Crippen LogP contribution in [0, 0.1) is 0 Å². The van der Waals surface area contributed by atoms with Crippen LogP contribution < -0.4 is 4.74 Å². The van der Waals surface area contributed by atoms with Crippen LogP contribution in [0.4, 0.5) is 0 Å². The number of rotatable bonds is 5. The first-order chi connectivity index (χ1) is 9.17. The van der Waals surface area contributed by atoms with Gasteiger partial charge in [-0.25, -0.2) is 0 Å². The Labute approximate surface area is 129 Å². The molecule has 0 aliphatic rings. The Morgan fingerprint density at radius 3 is 2.63 bits per heavy atom. The highest BCUT2D eigenvalue weighted by Crippen LogP contribution is 2.27. The molecular weight excluding hydrogens is 350 g/mol. The molecule has 2 rings (SSSR count). The standard InChI is InChI=1S/C12H11BrClN3OS/c1-2-7-18-11-15-10(14)16-12(17-11)19-9-5-3-8(13)4-6-9/h3-6H,2,7H2,1H3. The largest absolute Gasteiger partial charge is 0.463 e. The maximum Gasteiger partial charge on any atom is 0.321 e. The topological polar surface area (TPSA) is 47.9 Å². The Kier molecular flexibility index (Phi) is 5.42. The molecule has 19 heavy (non-hydrogen) atoms. The van der Waals surface area contributed by atoms with E-state index in [1.165, 1.54) is 11.8 Å². The normalized spacial score (nSPS) is 10.5. The van der Waals surface area contributed by atoms with Crippen molar-refractivity contribution in [2.75, 3.05) is 6.61 Å². The molecule has 0 unspecified atom stereocenters. The molecule has 0 radical (unpaired) electrons. The first-order valence-corrected chi connectivity index (χ1v) is 7.64. The minimum atomic E-state index is 0.140. The molecule has 0 atom stereocenters. The van der Waals surface area contributed by atoms with Crippen LogP contribution in [0.3, 0.4) is 0 Å². The molecule has 0 bridgehead atoms. The number of hydrogen-bond acceptors (Lipinski definition) is 5. The molecule has 1 heterocycles. The van der Waals surface area contributed by atoms with Crippen molar-refractivity contribution in [1.82, 2.24) is 15.0 Å². The van der Waals surface area contributed by atoms with E-state index in [2.05, 4.69) is 30.9 Å². The highest BCUT2D eigenvalue weighted by molar-refractivity contribution is 9.10. The lowest BCUT2D eigenvalue weighted by molar-refractivity contribution is 0.288. The smallest absolute Gasteiger partial charge is 0.321 e. The van der Waals surface area contributed by atoms with Gasteiger partial charge in [-0.15, -0.1) is 0 Å². The van der Waals surface area contributed by atoms with Crippen molar-refractivity contribution < 1.29 is 4.74 Å². The Morgan fingerprint density at radius 2 is 1.95 bits per heavy atom. The lowest BCUT2D eigenvalue weighted by Gasteiger charge is -2.05. The maximum absolute atomic E-state index is 5.86. The van der Waals surface area contributed by atoms with Gasteiger partial charge in [-0.3, -0.25) is 0 Å². The zero-order valence-electron chi connectivity index (χ0n) is 10.1. The van der Waals surface area contributed by atoms with E-state index in [1.807, 2.05) is 31.2 Å². The van der Waals surface area contributed by atoms with Crippen molar-refractivity contribution in [3.63, 3.8) is 0 Å². The van der Waals surface area contributed by atoms with Crippen molar-refractivity contribution in [2.45, 2.75) is 23.4 Å². The van der Waals surface area contributed by atoms with Gasteiger partial charge in [0.15, 0.2) is 5.16 Å². The Balaban J connectivity index is 2.15. The lowest BCUT2D eigenvalue weighted by Crippen LogP contribution is -2.02. The van der Waals surface area contributed by atoms with Gasteiger partial charge in [0.05, 0.1) is 6.61 Å². The fourth-order valence-electron chi connectivity index (χ4n) is 1.23. The summed E-state index contributed by atoms with van der Waals surface area (Å²) >= 11 is 10.7. The van der Waals surface area contributed by atoms with Crippen LogP contribution in [-0.4, -0.2) is 21.6 Å². The van der Waals surface area contributed by atoms with E-state index >= 15 is 0 Å². The van der Waals surface area contributed by atoms with Gasteiger partial charge in [0.2, 0.25) is 5.28 Å². The number of hydrogen-bond donors (Lipinski definition) is 0. The molecule has 0 amide bonds. The van der Waals surface area contributed by atoms with Gasteiger partial charge in [-0.05, 0) is 54.0 Å². The van der Waals surface area contributed by atoms with Gasteiger partial charge < -0.3 is 4.74 Å². The number of halogens is 2. The lowest BCUT2D eigenvalue weighted by atomic mass is 10.4. The summed E-state index contributed by atoms with van der Waals surface area (Å²) < 4.78 is 6.39. The molecule has 0 aliphatic carbocycles. The molecule has 2 aromatic rings. The Hall–Kier alpha value is -0.850. The zero-order valence-corrected chi connectivity index (χ0v) is 13.3. The highest BCUT2D eigenvalue weighted by Gasteiger charge is 2.07. The monoisotopic (exact) mass is 359 g/mol. The summed E-state index contributed by atoms with van der Waals surface area (Å²) in [4.78, 5) is 13.2. The van der Waals surface area contributed by atoms with E-state index in [9.17, 15) is 0 Å². The second-order valence-corrected chi connectivity index (χ2v) is 5.87. The SMILES string of the molecule is CCCOc1nc(Cl)nc(Sc2ccc(Br)cc2)n1. The molecule has 4 nitrogen and oxygen atoms in total. The van der Waals surface area contributed by atoms with Gasteiger partial charge >= 0.3 is 6.01 Å². The molecule has 0 saturated carbocycles.